The number of rotatable bonds is 7. The van der Waals surface area contributed by atoms with Crippen molar-refractivity contribution < 1.29 is 14.3 Å². The van der Waals surface area contributed by atoms with E-state index in [1.807, 2.05) is 36.4 Å². The summed E-state index contributed by atoms with van der Waals surface area (Å²) in [7, 11) is 0. The molecule has 1 heterocycles. The first-order chi connectivity index (χ1) is 11.8. The van der Waals surface area contributed by atoms with Gasteiger partial charge < -0.3 is 9.47 Å². The molecule has 1 aliphatic heterocycles. The molecule has 126 valence electrons. The monoisotopic (exact) mass is 325 g/mol. The summed E-state index contributed by atoms with van der Waals surface area (Å²) in [6.45, 7) is 2.90. The van der Waals surface area contributed by atoms with Crippen LogP contribution in [0.25, 0.3) is 0 Å². The molecule has 1 aliphatic rings. The van der Waals surface area contributed by atoms with Crippen LogP contribution in [0.3, 0.4) is 0 Å². The fourth-order valence-corrected chi connectivity index (χ4v) is 2.86. The van der Waals surface area contributed by atoms with Gasteiger partial charge in [0.1, 0.15) is 6.10 Å². The van der Waals surface area contributed by atoms with Gasteiger partial charge in [-0.25, -0.2) is 0 Å². The van der Waals surface area contributed by atoms with Gasteiger partial charge in [0, 0.05) is 19.5 Å². The molecule has 0 unspecified atom stereocenters. The average Bonchev–Trinajstić information content (AvgIpc) is 3.09. The normalized spacial score (nSPS) is 17.1. The van der Waals surface area contributed by atoms with Gasteiger partial charge in [0.25, 0.3) is 0 Å². The second kappa shape index (κ2) is 8.62. The number of carbonyl (C=O) groups excluding carboxylic acids is 1. The Morgan fingerprint density at radius 3 is 2.08 bits per heavy atom. The number of esters is 1. The lowest BCUT2D eigenvalue weighted by Crippen LogP contribution is -2.32. The third kappa shape index (κ3) is 5.18. The Bertz CT molecular complexity index is 582. The van der Waals surface area contributed by atoms with E-state index in [-0.39, 0.29) is 18.6 Å². The minimum absolute atomic E-state index is 0.0900. The highest BCUT2D eigenvalue weighted by Gasteiger charge is 2.21. The van der Waals surface area contributed by atoms with Crippen molar-refractivity contribution in [1.29, 1.82) is 0 Å². The smallest absolute Gasteiger partial charge is 0.320 e. The number of hydrogen-bond acceptors (Lipinski definition) is 4. The van der Waals surface area contributed by atoms with Gasteiger partial charge >= 0.3 is 5.97 Å². The van der Waals surface area contributed by atoms with E-state index in [1.54, 1.807) is 0 Å². The number of carbonyl (C=O) groups is 1. The van der Waals surface area contributed by atoms with Crippen molar-refractivity contribution in [3.63, 3.8) is 0 Å². The largest absolute Gasteiger partial charge is 0.459 e. The van der Waals surface area contributed by atoms with E-state index in [4.69, 9.17) is 9.47 Å². The molecule has 2 aromatic carbocycles. The molecular formula is C20H23NO3. The maximum Gasteiger partial charge on any atom is 0.320 e. The number of hydrogen-bond donors (Lipinski definition) is 0. The third-order valence-corrected chi connectivity index (χ3v) is 4.04. The maximum absolute atomic E-state index is 12.3. The lowest BCUT2D eigenvalue weighted by atomic mass is 10.1. The molecule has 1 atom stereocenters. The Labute approximate surface area is 143 Å². The second-order valence-corrected chi connectivity index (χ2v) is 6.09. The van der Waals surface area contributed by atoms with Crippen LogP contribution in [0.4, 0.5) is 0 Å². The first kappa shape index (κ1) is 16.7. The number of benzene rings is 2. The van der Waals surface area contributed by atoms with E-state index in [2.05, 4.69) is 29.2 Å². The van der Waals surface area contributed by atoms with Gasteiger partial charge in [-0.2, -0.15) is 0 Å². The molecule has 4 heteroatoms. The molecular weight excluding hydrogens is 302 g/mol. The molecule has 3 rings (SSSR count). The first-order valence-electron chi connectivity index (χ1n) is 8.37. The molecule has 2 aromatic rings. The zero-order chi connectivity index (χ0) is 16.6. The van der Waals surface area contributed by atoms with E-state index in [0.717, 1.165) is 6.42 Å². The molecule has 0 aromatic heterocycles. The Kier molecular flexibility index (Phi) is 5.99. The number of ether oxygens (including phenoxy) is 2. The minimum Gasteiger partial charge on any atom is -0.459 e. The van der Waals surface area contributed by atoms with Crippen LogP contribution in [0.15, 0.2) is 60.7 Å². The molecule has 0 spiro atoms. The Balaban J connectivity index is 1.63. The molecule has 0 aliphatic carbocycles. The van der Waals surface area contributed by atoms with Crippen molar-refractivity contribution in [2.45, 2.75) is 25.6 Å². The van der Waals surface area contributed by atoms with Crippen LogP contribution in [0.2, 0.25) is 0 Å². The topological polar surface area (TPSA) is 38.8 Å². The summed E-state index contributed by atoms with van der Waals surface area (Å²) in [4.78, 5) is 14.4. The standard InChI is InChI=1S/C20H23NO3/c22-20(24-19-11-12-23-16-19)15-21(13-17-7-3-1-4-8-17)14-18-9-5-2-6-10-18/h1-10,19H,11-16H2/t19-/m1/s1. The van der Waals surface area contributed by atoms with Gasteiger partial charge in [-0.3, -0.25) is 9.69 Å². The SMILES string of the molecule is O=C(CN(Cc1ccccc1)Cc1ccccc1)O[C@@H]1CCOC1. The molecule has 0 radical (unpaired) electrons. The minimum atomic E-state index is -0.183. The van der Waals surface area contributed by atoms with Crippen LogP contribution >= 0.6 is 0 Å². The zero-order valence-corrected chi connectivity index (χ0v) is 13.8. The van der Waals surface area contributed by atoms with Crippen molar-refractivity contribution in [2.24, 2.45) is 0 Å². The van der Waals surface area contributed by atoms with Gasteiger partial charge in [-0.15, -0.1) is 0 Å². The van der Waals surface area contributed by atoms with Crippen molar-refractivity contribution >= 4 is 5.97 Å². The number of nitrogens with zero attached hydrogens (tertiary/aromatic N) is 1. The third-order valence-electron chi connectivity index (χ3n) is 4.04. The molecule has 24 heavy (non-hydrogen) atoms. The summed E-state index contributed by atoms with van der Waals surface area (Å²) < 4.78 is 10.8. The predicted molar refractivity (Wildman–Crippen MR) is 92.3 cm³/mol. The molecule has 0 bridgehead atoms. The molecule has 1 saturated heterocycles. The van der Waals surface area contributed by atoms with Gasteiger partial charge in [0.15, 0.2) is 0 Å². The quantitative estimate of drug-likeness (QED) is 0.734. The Hall–Kier alpha value is -2.17. The molecule has 0 amide bonds. The van der Waals surface area contributed by atoms with Crippen LogP contribution < -0.4 is 0 Å². The van der Waals surface area contributed by atoms with E-state index >= 15 is 0 Å². The van der Waals surface area contributed by atoms with Gasteiger partial charge in [-0.05, 0) is 11.1 Å². The second-order valence-electron chi connectivity index (χ2n) is 6.09. The van der Waals surface area contributed by atoms with Crippen molar-refractivity contribution in [1.82, 2.24) is 4.90 Å². The summed E-state index contributed by atoms with van der Waals surface area (Å²) in [5.74, 6) is -0.183. The summed E-state index contributed by atoms with van der Waals surface area (Å²) >= 11 is 0. The molecule has 1 fully saturated rings. The van der Waals surface area contributed by atoms with Crippen LogP contribution in [0, 0.1) is 0 Å². The van der Waals surface area contributed by atoms with Crippen molar-refractivity contribution in [3.8, 4) is 0 Å². The zero-order valence-electron chi connectivity index (χ0n) is 13.8. The fraction of sp³-hybridized carbons (Fsp3) is 0.350. The molecule has 0 saturated carbocycles. The van der Waals surface area contributed by atoms with Crippen LogP contribution in [-0.2, 0) is 27.4 Å². The van der Waals surface area contributed by atoms with Gasteiger partial charge in [0.2, 0.25) is 0 Å². The van der Waals surface area contributed by atoms with Gasteiger partial charge in [-0.1, -0.05) is 60.7 Å². The van der Waals surface area contributed by atoms with Gasteiger partial charge in [0.05, 0.1) is 19.8 Å². The van der Waals surface area contributed by atoms with Crippen LogP contribution in [0.5, 0.6) is 0 Å². The highest BCUT2D eigenvalue weighted by molar-refractivity contribution is 5.71. The summed E-state index contributed by atoms with van der Waals surface area (Å²) in [6.07, 6.45) is 0.705. The molecule has 0 N–H and O–H groups in total. The average molecular weight is 325 g/mol. The van der Waals surface area contributed by atoms with Crippen LogP contribution in [-0.4, -0.2) is 36.7 Å². The van der Waals surface area contributed by atoms with Crippen molar-refractivity contribution in [3.05, 3.63) is 71.8 Å². The maximum atomic E-state index is 12.3. The Morgan fingerprint density at radius 2 is 1.58 bits per heavy atom. The summed E-state index contributed by atoms with van der Waals surface area (Å²) in [5.41, 5.74) is 2.37. The lowest BCUT2D eigenvalue weighted by Gasteiger charge is -2.22. The van der Waals surface area contributed by atoms with E-state index < -0.39 is 0 Å². The fourth-order valence-electron chi connectivity index (χ4n) is 2.86. The van der Waals surface area contributed by atoms with E-state index in [0.29, 0.717) is 26.3 Å². The highest BCUT2D eigenvalue weighted by Crippen LogP contribution is 2.12. The summed E-state index contributed by atoms with van der Waals surface area (Å²) in [5, 5.41) is 0. The van der Waals surface area contributed by atoms with E-state index in [1.165, 1.54) is 11.1 Å². The first-order valence-corrected chi connectivity index (χ1v) is 8.37. The summed E-state index contributed by atoms with van der Waals surface area (Å²) in [6, 6.07) is 20.4. The van der Waals surface area contributed by atoms with Crippen LogP contribution in [0.1, 0.15) is 17.5 Å². The predicted octanol–water partition coefficient (Wildman–Crippen LogP) is 3.02. The lowest BCUT2D eigenvalue weighted by molar-refractivity contribution is -0.150. The van der Waals surface area contributed by atoms with Crippen molar-refractivity contribution in [2.75, 3.05) is 19.8 Å². The van der Waals surface area contributed by atoms with E-state index in [9.17, 15) is 4.79 Å². The Morgan fingerprint density at radius 1 is 1.00 bits per heavy atom. The highest BCUT2D eigenvalue weighted by atomic mass is 16.6. The molecule has 4 nitrogen and oxygen atoms in total.